The SMILES string of the molecule is Cc1ccc2nc(SCC(N)C3CCOC3)[nH]c2c1. The minimum Gasteiger partial charge on any atom is -0.381 e. The number of aromatic nitrogens is 2. The molecule has 2 atom stereocenters. The number of H-pyrrole nitrogens is 1. The molecule has 1 saturated heterocycles. The van der Waals surface area contributed by atoms with Gasteiger partial charge in [0.05, 0.1) is 17.6 Å². The van der Waals surface area contributed by atoms with Crippen molar-refractivity contribution < 1.29 is 4.74 Å². The highest BCUT2D eigenvalue weighted by Crippen LogP contribution is 2.24. The van der Waals surface area contributed by atoms with Crippen LogP contribution >= 0.6 is 11.8 Å². The van der Waals surface area contributed by atoms with Crippen molar-refractivity contribution in [3.63, 3.8) is 0 Å². The molecule has 5 heteroatoms. The first-order chi connectivity index (χ1) is 9.22. The van der Waals surface area contributed by atoms with Crippen LogP contribution in [0.4, 0.5) is 0 Å². The lowest BCUT2D eigenvalue weighted by Gasteiger charge is -2.15. The maximum absolute atomic E-state index is 6.20. The Balaban J connectivity index is 1.64. The fraction of sp³-hybridized carbons (Fsp3) is 0.500. The number of thioether (sulfide) groups is 1. The summed E-state index contributed by atoms with van der Waals surface area (Å²) in [6, 6.07) is 6.44. The average molecular weight is 277 g/mol. The Kier molecular flexibility index (Phi) is 3.77. The highest BCUT2D eigenvalue weighted by atomic mass is 32.2. The predicted octanol–water partition coefficient (Wildman–Crippen LogP) is 2.33. The Morgan fingerprint density at radius 2 is 2.47 bits per heavy atom. The molecule has 3 N–H and O–H groups in total. The molecule has 0 amide bonds. The summed E-state index contributed by atoms with van der Waals surface area (Å²) < 4.78 is 5.38. The predicted molar refractivity (Wildman–Crippen MR) is 78.5 cm³/mol. The Bertz CT molecular complexity index is 563. The molecule has 2 aromatic rings. The van der Waals surface area contributed by atoms with E-state index in [1.54, 1.807) is 11.8 Å². The molecule has 102 valence electrons. The third-order valence-corrected chi connectivity index (χ3v) is 4.62. The van der Waals surface area contributed by atoms with E-state index < -0.39 is 0 Å². The van der Waals surface area contributed by atoms with E-state index in [-0.39, 0.29) is 6.04 Å². The van der Waals surface area contributed by atoms with Crippen molar-refractivity contribution >= 4 is 22.8 Å². The number of benzene rings is 1. The zero-order valence-corrected chi connectivity index (χ0v) is 11.9. The molecule has 0 spiro atoms. The maximum atomic E-state index is 6.20. The van der Waals surface area contributed by atoms with Gasteiger partial charge in [-0.2, -0.15) is 0 Å². The maximum Gasteiger partial charge on any atom is 0.166 e. The molecule has 1 aliphatic rings. The molecule has 0 saturated carbocycles. The number of ether oxygens (including phenoxy) is 1. The minimum atomic E-state index is 0.183. The number of nitrogens with one attached hydrogen (secondary N) is 1. The minimum absolute atomic E-state index is 0.183. The molecule has 19 heavy (non-hydrogen) atoms. The molecule has 1 aromatic carbocycles. The molecule has 3 rings (SSSR count). The summed E-state index contributed by atoms with van der Waals surface area (Å²) in [7, 11) is 0. The second kappa shape index (κ2) is 5.53. The standard InChI is InChI=1S/C14H19N3OS/c1-9-2-3-12-13(6-9)17-14(16-12)19-8-11(15)10-4-5-18-7-10/h2-3,6,10-11H,4-5,7-8,15H2,1H3,(H,16,17). The van der Waals surface area contributed by atoms with Gasteiger partial charge in [0, 0.05) is 24.3 Å². The summed E-state index contributed by atoms with van der Waals surface area (Å²) >= 11 is 1.70. The fourth-order valence-corrected chi connectivity index (χ4v) is 3.34. The molecular weight excluding hydrogens is 258 g/mol. The first-order valence-electron chi connectivity index (χ1n) is 6.65. The van der Waals surface area contributed by atoms with Crippen molar-refractivity contribution in [3.8, 4) is 0 Å². The number of nitrogens with two attached hydrogens (primary N) is 1. The average Bonchev–Trinajstić information content (AvgIpc) is 3.04. The molecule has 1 aliphatic heterocycles. The van der Waals surface area contributed by atoms with Gasteiger partial charge in [0.25, 0.3) is 0 Å². The number of aromatic amines is 1. The Morgan fingerprint density at radius 1 is 1.58 bits per heavy atom. The number of aryl methyl sites for hydroxylation is 1. The normalized spacial score (nSPS) is 21.1. The summed E-state index contributed by atoms with van der Waals surface area (Å²) in [5, 5.41) is 0.954. The Hall–Kier alpha value is -1.04. The van der Waals surface area contributed by atoms with Crippen LogP contribution in [0.25, 0.3) is 11.0 Å². The van der Waals surface area contributed by atoms with E-state index in [0.717, 1.165) is 41.6 Å². The number of fused-ring (bicyclic) bond motifs is 1. The van der Waals surface area contributed by atoms with Gasteiger partial charge in [0.2, 0.25) is 0 Å². The van der Waals surface area contributed by atoms with E-state index in [0.29, 0.717) is 5.92 Å². The Labute approximate surface area is 117 Å². The molecule has 2 unspecified atom stereocenters. The second-order valence-corrected chi connectivity index (χ2v) is 6.17. The van der Waals surface area contributed by atoms with Gasteiger partial charge in [-0.1, -0.05) is 17.8 Å². The van der Waals surface area contributed by atoms with Crippen LogP contribution < -0.4 is 5.73 Å². The fourth-order valence-electron chi connectivity index (χ4n) is 2.37. The second-order valence-electron chi connectivity index (χ2n) is 5.16. The van der Waals surface area contributed by atoms with Gasteiger partial charge in [-0.05, 0) is 31.0 Å². The first kappa shape index (κ1) is 13.0. The van der Waals surface area contributed by atoms with Crippen molar-refractivity contribution in [2.45, 2.75) is 24.5 Å². The van der Waals surface area contributed by atoms with E-state index in [4.69, 9.17) is 10.5 Å². The van der Waals surface area contributed by atoms with Crippen LogP contribution in [0, 0.1) is 12.8 Å². The van der Waals surface area contributed by atoms with Gasteiger partial charge in [0.1, 0.15) is 0 Å². The zero-order valence-electron chi connectivity index (χ0n) is 11.1. The molecular formula is C14H19N3OS. The monoisotopic (exact) mass is 277 g/mol. The van der Waals surface area contributed by atoms with E-state index in [2.05, 4.69) is 35.1 Å². The number of rotatable bonds is 4. The smallest absolute Gasteiger partial charge is 0.166 e. The van der Waals surface area contributed by atoms with Crippen LogP contribution in [-0.4, -0.2) is 35.0 Å². The quantitative estimate of drug-likeness (QED) is 0.842. The van der Waals surface area contributed by atoms with Crippen LogP contribution in [0.2, 0.25) is 0 Å². The van der Waals surface area contributed by atoms with Gasteiger partial charge in [-0.3, -0.25) is 0 Å². The number of hydrogen-bond acceptors (Lipinski definition) is 4. The molecule has 1 aromatic heterocycles. The number of nitrogens with zero attached hydrogens (tertiary/aromatic N) is 1. The van der Waals surface area contributed by atoms with E-state index in [1.807, 2.05) is 0 Å². The van der Waals surface area contributed by atoms with Crippen molar-refractivity contribution in [2.75, 3.05) is 19.0 Å². The van der Waals surface area contributed by atoms with Gasteiger partial charge in [0.15, 0.2) is 5.16 Å². The van der Waals surface area contributed by atoms with Crippen LogP contribution in [-0.2, 0) is 4.74 Å². The lowest BCUT2D eigenvalue weighted by atomic mass is 10.0. The van der Waals surface area contributed by atoms with E-state index in [9.17, 15) is 0 Å². The lowest BCUT2D eigenvalue weighted by molar-refractivity contribution is 0.182. The molecule has 0 bridgehead atoms. The van der Waals surface area contributed by atoms with Gasteiger partial charge < -0.3 is 15.5 Å². The highest BCUT2D eigenvalue weighted by Gasteiger charge is 2.23. The summed E-state index contributed by atoms with van der Waals surface area (Å²) in [5.74, 6) is 1.38. The summed E-state index contributed by atoms with van der Waals surface area (Å²) in [5.41, 5.74) is 9.56. The van der Waals surface area contributed by atoms with Crippen molar-refractivity contribution in [2.24, 2.45) is 11.7 Å². The van der Waals surface area contributed by atoms with Crippen molar-refractivity contribution in [1.82, 2.24) is 9.97 Å². The van der Waals surface area contributed by atoms with Crippen LogP contribution in [0.5, 0.6) is 0 Å². The van der Waals surface area contributed by atoms with Crippen molar-refractivity contribution in [1.29, 1.82) is 0 Å². The molecule has 1 fully saturated rings. The largest absolute Gasteiger partial charge is 0.381 e. The molecule has 0 radical (unpaired) electrons. The summed E-state index contributed by atoms with van der Waals surface area (Å²) in [6.45, 7) is 3.75. The zero-order chi connectivity index (χ0) is 13.2. The van der Waals surface area contributed by atoms with Gasteiger partial charge in [-0.15, -0.1) is 0 Å². The van der Waals surface area contributed by atoms with Crippen LogP contribution in [0.15, 0.2) is 23.4 Å². The molecule has 4 nitrogen and oxygen atoms in total. The van der Waals surface area contributed by atoms with Gasteiger partial charge >= 0.3 is 0 Å². The number of imidazole rings is 1. The molecule has 2 heterocycles. The third-order valence-electron chi connectivity index (χ3n) is 3.60. The highest BCUT2D eigenvalue weighted by molar-refractivity contribution is 7.99. The summed E-state index contributed by atoms with van der Waals surface area (Å²) in [6.07, 6.45) is 1.08. The topological polar surface area (TPSA) is 63.9 Å². The third kappa shape index (κ3) is 2.94. The van der Waals surface area contributed by atoms with Crippen LogP contribution in [0.1, 0.15) is 12.0 Å². The first-order valence-corrected chi connectivity index (χ1v) is 7.63. The summed E-state index contributed by atoms with van der Waals surface area (Å²) in [4.78, 5) is 7.92. The van der Waals surface area contributed by atoms with E-state index >= 15 is 0 Å². The lowest BCUT2D eigenvalue weighted by Crippen LogP contribution is -2.32. The molecule has 0 aliphatic carbocycles. The van der Waals surface area contributed by atoms with Gasteiger partial charge in [-0.25, -0.2) is 4.98 Å². The number of hydrogen-bond donors (Lipinski definition) is 2. The Morgan fingerprint density at radius 3 is 3.26 bits per heavy atom. The van der Waals surface area contributed by atoms with Crippen LogP contribution in [0.3, 0.4) is 0 Å². The van der Waals surface area contributed by atoms with E-state index in [1.165, 1.54) is 5.56 Å². The van der Waals surface area contributed by atoms with Crippen molar-refractivity contribution in [3.05, 3.63) is 23.8 Å².